The van der Waals surface area contributed by atoms with Crippen LogP contribution in [0.15, 0.2) is 24.3 Å². The molecule has 0 atom stereocenters. The lowest BCUT2D eigenvalue weighted by Crippen LogP contribution is -2.32. The smallest absolute Gasteiger partial charge is 0.251 e. The van der Waals surface area contributed by atoms with Gasteiger partial charge in [0.05, 0.1) is 0 Å². The highest BCUT2D eigenvalue weighted by Crippen LogP contribution is 2.13. The molecule has 0 saturated carbocycles. The van der Waals surface area contributed by atoms with Gasteiger partial charge in [0.25, 0.3) is 5.91 Å². The number of nitrogens with two attached hydrogens (primary N) is 1. The first-order valence-electron chi connectivity index (χ1n) is 6.94. The van der Waals surface area contributed by atoms with Crippen LogP contribution in [0.2, 0.25) is 0 Å². The Morgan fingerprint density at radius 1 is 1.26 bits per heavy atom. The third kappa shape index (κ3) is 4.33. The van der Waals surface area contributed by atoms with Gasteiger partial charge in [-0.1, -0.05) is 12.1 Å². The van der Waals surface area contributed by atoms with Gasteiger partial charge in [-0.25, -0.2) is 0 Å². The van der Waals surface area contributed by atoms with Crippen molar-refractivity contribution in [2.45, 2.75) is 19.3 Å². The maximum absolute atomic E-state index is 12.0. The van der Waals surface area contributed by atoms with Crippen LogP contribution in [0.1, 0.15) is 28.8 Å². The summed E-state index contributed by atoms with van der Waals surface area (Å²) in [5, 5.41) is 3.00. The molecule has 0 spiro atoms. The summed E-state index contributed by atoms with van der Waals surface area (Å²) in [6.45, 7) is 3.00. The Bertz CT molecular complexity index is 397. The van der Waals surface area contributed by atoms with Gasteiger partial charge >= 0.3 is 0 Å². The molecule has 0 aliphatic carbocycles. The molecule has 1 aromatic rings. The predicted molar refractivity (Wildman–Crippen MR) is 75.1 cm³/mol. The molecule has 0 unspecified atom stereocenters. The normalized spacial score (nSPS) is 16.3. The lowest BCUT2D eigenvalue weighted by atomic mass is 10.0. The molecule has 1 heterocycles. The molecule has 1 aromatic carbocycles. The average Bonchev–Trinajstić information content (AvgIpc) is 2.47. The minimum atomic E-state index is 0.00536. The lowest BCUT2D eigenvalue weighted by molar-refractivity contribution is 0.0642. The minimum Gasteiger partial charge on any atom is -0.381 e. The van der Waals surface area contributed by atoms with E-state index in [-0.39, 0.29) is 5.91 Å². The van der Waals surface area contributed by atoms with E-state index in [2.05, 4.69) is 5.32 Å². The van der Waals surface area contributed by atoms with Crippen molar-refractivity contribution in [1.82, 2.24) is 5.32 Å². The molecule has 2 rings (SSSR count). The van der Waals surface area contributed by atoms with Gasteiger partial charge in [-0.15, -0.1) is 0 Å². The first-order chi connectivity index (χ1) is 9.29. The summed E-state index contributed by atoms with van der Waals surface area (Å²) in [6.07, 6.45) is 2.93. The maximum atomic E-state index is 12.0. The Kier molecular flexibility index (Phi) is 5.36. The number of nitrogens with one attached hydrogen (secondary N) is 1. The van der Waals surface area contributed by atoms with Crippen LogP contribution in [0.5, 0.6) is 0 Å². The third-order valence-corrected chi connectivity index (χ3v) is 3.54. The van der Waals surface area contributed by atoms with Gasteiger partial charge in [0, 0.05) is 25.3 Å². The third-order valence-electron chi connectivity index (χ3n) is 3.54. The first kappa shape index (κ1) is 14.0. The fourth-order valence-corrected chi connectivity index (χ4v) is 2.28. The molecule has 1 saturated heterocycles. The van der Waals surface area contributed by atoms with Gasteiger partial charge < -0.3 is 15.8 Å². The van der Waals surface area contributed by atoms with E-state index in [9.17, 15) is 4.79 Å². The first-order valence-corrected chi connectivity index (χ1v) is 6.94. The van der Waals surface area contributed by atoms with Crippen LogP contribution in [0, 0.1) is 5.92 Å². The van der Waals surface area contributed by atoms with Crippen molar-refractivity contribution in [2.24, 2.45) is 11.7 Å². The molecular formula is C15H22N2O2. The van der Waals surface area contributed by atoms with Crippen LogP contribution in [0.25, 0.3) is 0 Å². The van der Waals surface area contributed by atoms with E-state index >= 15 is 0 Å². The fourth-order valence-electron chi connectivity index (χ4n) is 2.28. The number of rotatable bonds is 5. The highest BCUT2D eigenvalue weighted by molar-refractivity contribution is 5.94. The zero-order chi connectivity index (χ0) is 13.5. The van der Waals surface area contributed by atoms with Crippen molar-refractivity contribution >= 4 is 5.91 Å². The summed E-state index contributed by atoms with van der Waals surface area (Å²) >= 11 is 0. The number of ether oxygens (including phenoxy) is 1. The summed E-state index contributed by atoms with van der Waals surface area (Å²) in [5.41, 5.74) is 7.38. The van der Waals surface area contributed by atoms with Crippen LogP contribution >= 0.6 is 0 Å². The predicted octanol–water partition coefficient (Wildman–Crippen LogP) is 1.34. The van der Waals surface area contributed by atoms with Crippen molar-refractivity contribution in [2.75, 3.05) is 26.3 Å². The SMILES string of the molecule is NCCc1ccc(C(=O)NCC2CCOCC2)cc1. The molecule has 1 fully saturated rings. The lowest BCUT2D eigenvalue weighted by Gasteiger charge is -2.22. The molecule has 1 amide bonds. The Balaban J connectivity index is 1.81. The van der Waals surface area contributed by atoms with E-state index in [1.807, 2.05) is 24.3 Å². The summed E-state index contributed by atoms with van der Waals surface area (Å²) in [7, 11) is 0. The summed E-state index contributed by atoms with van der Waals surface area (Å²) in [4.78, 5) is 12.0. The molecule has 0 aromatic heterocycles. The number of carbonyl (C=O) groups is 1. The number of hydrogen-bond acceptors (Lipinski definition) is 3. The zero-order valence-electron chi connectivity index (χ0n) is 11.2. The Labute approximate surface area is 114 Å². The topological polar surface area (TPSA) is 64.4 Å². The van der Waals surface area contributed by atoms with E-state index in [1.165, 1.54) is 5.56 Å². The van der Waals surface area contributed by atoms with Gasteiger partial charge in [-0.3, -0.25) is 4.79 Å². The summed E-state index contributed by atoms with van der Waals surface area (Å²) < 4.78 is 5.30. The summed E-state index contributed by atoms with van der Waals surface area (Å²) in [5.74, 6) is 0.556. The van der Waals surface area contributed by atoms with Gasteiger partial charge in [0.1, 0.15) is 0 Å². The molecular weight excluding hydrogens is 240 g/mol. The second-order valence-corrected chi connectivity index (χ2v) is 5.00. The molecule has 0 bridgehead atoms. The second kappa shape index (κ2) is 7.26. The standard InChI is InChI=1S/C15H22N2O2/c16-8-5-12-1-3-14(4-2-12)15(18)17-11-13-6-9-19-10-7-13/h1-4,13H,5-11,16H2,(H,17,18). The largest absolute Gasteiger partial charge is 0.381 e. The molecule has 4 heteroatoms. The van der Waals surface area contributed by atoms with E-state index < -0.39 is 0 Å². The Hall–Kier alpha value is -1.39. The minimum absolute atomic E-state index is 0.00536. The Morgan fingerprint density at radius 2 is 1.95 bits per heavy atom. The number of amides is 1. The highest BCUT2D eigenvalue weighted by Gasteiger charge is 2.15. The number of hydrogen-bond donors (Lipinski definition) is 2. The highest BCUT2D eigenvalue weighted by atomic mass is 16.5. The van der Waals surface area contributed by atoms with Gasteiger partial charge in [-0.2, -0.15) is 0 Å². The van der Waals surface area contributed by atoms with Gasteiger partial charge in [0.15, 0.2) is 0 Å². The van der Waals surface area contributed by atoms with E-state index in [1.54, 1.807) is 0 Å². The molecule has 4 nitrogen and oxygen atoms in total. The molecule has 1 aliphatic heterocycles. The van der Waals surface area contributed by atoms with Gasteiger partial charge in [-0.05, 0) is 49.4 Å². The summed E-state index contributed by atoms with van der Waals surface area (Å²) in [6, 6.07) is 7.67. The monoisotopic (exact) mass is 262 g/mol. The molecule has 3 N–H and O–H groups in total. The molecule has 19 heavy (non-hydrogen) atoms. The number of carbonyl (C=O) groups excluding carboxylic acids is 1. The van der Waals surface area contributed by atoms with Crippen molar-refractivity contribution in [3.63, 3.8) is 0 Å². The van der Waals surface area contributed by atoms with Crippen molar-refractivity contribution in [3.8, 4) is 0 Å². The molecule has 0 radical (unpaired) electrons. The van der Waals surface area contributed by atoms with Crippen LogP contribution in [0.4, 0.5) is 0 Å². The van der Waals surface area contributed by atoms with E-state index in [4.69, 9.17) is 10.5 Å². The van der Waals surface area contributed by atoms with Crippen LogP contribution in [0.3, 0.4) is 0 Å². The van der Waals surface area contributed by atoms with E-state index in [0.29, 0.717) is 18.0 Å². The van der Waals surface area contributed by atoms with Crippen LogP contribution in [-0.4, -0.2) is 32.2 Å². The van der Waals surface area contributed by atoms with Crippen LogP contribution < -0.4 is 11.1 Å². The van der Waals surface area contributed by atoms with Crippen molar-refractivity contribution in [1.29, 1.82) is 0 Å². The van der Waals surface area contributed by atoms with Crippen LogP contribution in [-0.2, 0) is 11.2 Å². The number of benzene rings is 1. The molecule has 1 aliphatic rings. The molecule has 104 valence electrons. The second-order valence-electron chi connectivity index (χ2n) is 5.00. The fraction of sp³-hybridized carbons (Fsp3) is 0.533. The van der Waals surface area contributed by atoms with Crippen molar-refractivity contribution in [3.05, 3.63) is 35.4 Å². The quantitative estimate of drug-likeness (QED) is 0.841. The Morgan fingerprint density at radius 3 is 2.58 bits per heavy atom. The van der Waals surface area contributed by atoms with Crippen molar-refractivity contribution < 1.29 is 9.53 Å². The zero-order valence-corrected chi connectivity index (χ0v) is 11.2. The van der Waals surface area contributed by atoms with E-state index in [0.717, 1.165) is 39.0 Å². The van der Waals surface area contributed by atoms with Gasteiger partial charge in [0.2, 0.25) is 0 Å². The average molecular weight is 262 g/mol. The maximum Gasteiger partial charge on any atom is 0.251 e.